The molecule has 0 aliphatic carbocycles. The average Bonchev–Trinajstić information content (AvgIpc) is 2.34. The quantitative estimate of drug-likeness (QED) is 0.708. The van der Waals surface area contributed by atoms with Crippen molar-refractivity contribution >= 4 is 5.82 Å². The standard InChI is InChI=1S/C10H14N2O.C2H6/c1-9-2-3-10(11-8-9)12-4-6-13-7-5-12;1-2/h2-3,8H,4-7H2,1H3;1-2H3. The Labute approximate surface area is 92.1 Å². The van der Waals surface area contributed by atoms with Crippen LogP contribution >= 0.6 is 0 Å². The van der Waals surface area contributed by atoms with Crippen molar-refractivity contribution in [2.45, 2.75) is 20.8 Å². The molecule has 0 saturated carbocycles. The van der Waals surface area contributed by atoms with Crippen LogP contribution in [-0.4, -0.2) is 31.3 Å². The number of pyridine rings is 1. The van der Waals surface area contributed by atoms with Crippen LogP contribution in [0.2, 0.25) is 0 Å². The molecule has 1 aromatic heterocycles. The predicted octanol–water partition coefficient (Wildman–Crippen LogP) is 2.25. The molecule has 0 bridgehead atoms. The number of hydrogen-bond donors (Lipinski definition) is 0. The summed E-state index contributed by atoms with van der Waals surface area (Å²) in [6.45, 7) is 9.59. The number of aryl methyl sites for hydroxylation is 1. The topological polar surface area (TPSA) is 25.4 Å². The van der Waals surface area contributed by atoms with E-state index in [-0.39, 0.29) is 0 Å². The van der Waals surface area contributed by atoms with Gasteiger partial charge in [0.2, 0.25) is 0 Å². The van der Waals surface area contributed by atoms with Gasteiger partial charge in [-0.1, -0.05) is 19.9 Å². The second kappa shape index (κ2) is 6.40. The lowest BCUT2D eigenvalue weighted by atomic mass is 10.3. The number of nitrogens with zero attached hydrogens (tertiary/aromatic N) is 2. The highest BCUT2D eigenvalue weighted by molar-refractivity contribution is 5.39. The number of rotatable bonds is 1. The van der Waals surface area contributed by atoms with Gasteiger partial charge in [-0.3, -0.25) is 0 Å². The average molecular weight is 208 g/mol. The van der Waals surface area contributed by atoms with E-state index < -0.39 is 0 Å². The molecule has 2 heterocycles. The molecule has 0 unspecified atom stereocenters. The van der Waals surface area contributed by atoms with Crippen LogP contribution in [-0.2, 0) is 4.74 Å². The van der Waals surface area contributed by atoms with Crippen molar-refractivity contribution in [2.24, 2.45) is 0 Å². The summed E-state index contributed by atoms with van der Waals surface area (Å²) >= 11 is 0. The molecule has 1 fully saturated rings. The minimum Gasteiger partial charge on any atom is -0.378 e. The maximum absolute atomic E-state index is 5.28. The molecule has 0 amide bonds. The second-order valence-corrected chi connectivity index (χ2v) is 3.29. The summed E-state index contributed by atoms with van der Waals surface area (Å²) in [5.74, 6) is 1.06. The third kappa shape index (κ3) is 3.51. The lowest BCUT2D eigenvalue weighted by Crippen LogP contribution is -2.36. The number of morpholine rings is 1. The van der Waals surface area contributed by atoms with Gasteiger partial charge in [0.25, 0.3) is 0 Å². The summed E-state index contributed by atoms with van der Waals surface area (Å²) in [4.78, 5) is 6.63. The normalized spacial score (nSPS) is 15.5. The van der Waals surface area contributed by atoms with Gasteiger partial charge in [0.05, 0.1) is 13.2 Å². The molecule has 3 nitrogen and oxygen atoms in total. The van der Waals surface area contributed by atoms with Crippen molar-refractivity contribution in [2.75, 3.05) is 31.2 Å². The van der Waals surface area contributed by atoms with Gasteiger partial charge in [-0.15, -0.1) is 0 Å². The molecule has 0 radical (unpaired) electrons. The third-order valence-electron chi connectivity index (χ3n) is 2.23. The Morgan fingerprint density at radius 2 is 1.87 bits per heavy atom. The molecule has 1 aliphatic heterocycles. The van der Waals surface area contributed by atoms with E-state index in [0.717, 1.165) is 32.1 Å². The van der Waals surface area contributed by atoms with Gasteiger partial charge >= 0.3 is 0 Å². The first kappa shape index (κ1) is 12.0. The fourth-order valence-electron chi connectivity index (χ4n) is 1.44. The largest absolute Gasteiger partial charge is 0.378 e. The number of anilines is 1. The molecule has 1 aliphatic rings. The Morgan fingerprint density at radius 1 is 1.20 bits per heavy atom. The smallest absolute Gasteiger partial charge is 0.128 e. The van der Waals surface area contributed by atoms with Gasteiger partial charge in [0.15, 0.2) is 0 Å². The first-order chi connectivity index (χ1) is 7.36. The Hall–Kier alpha value is -1.09. The van der Waals surface area contributed by atoms with Gasteiger partial charge < -0.3 is 9.64 Å². The molecule has 0 spiro atoms. The SMILES string of the molecule is CC.Cc1ccc(N2CCOCC2)nc1. The highest BCUT2D eigenvalue weighted by Gasteiger charge is 2.11. The fraction of sp³-hybridized carbons (Fsp3) is 0.583. The van der Waals surface area contributed by atoms with E-state index in [1.807, 2.05) is 20.0 Å². The number of ether oxygens (including phenoxy) is 1. The summed E-state index contributed by atoms with van der Waals surface area (Å²) in [6.07, 6.45) is 1.91. The fourth-order valence-corrected chi connectivity index (χ4v) is 1.44. The Kier molecular flexibility index (Phi) is 5.12. The van der Waals surface area contributed by atoms with Crippen molar-refractivity contribution < 1.29 is 4.74 Å². The van der Waals surface area contributed by atoms with E-state index in [9.17, 15) is 0 Å². The highest BCUT2D eigenvalue weighted by Crippen LogP contribution is 2.12. The zero-order valence-electron chi connectivity index (χ0n) is 9.86. The van der Waals surface area contributed by atoms with Gasteiger partial charge in [0.1, 0.15) is 5.82 Å². The second-order valence-electron chi connectivity index (χ2n) is 3.29. The Bertz CT molecular complexity index is 265. The molecule has 0 N–H and O–H groups in total. The van der Waals surface area contributed by atoms with E-state index in [1.165, 1.54) is 5.56 Å². The van der Waals surface area contributed by atoms with Crippen LogP contribution in [0, 0.1) is 6.92 Å². The molecule has 3 heteroatoms. The van der Waals surface area contributed by atoms with Crippen molar-refractivity contribution in [3.8, 4) is 0 Å². The van der Waals surface area contributed by atoms with Gasteiger partial charge in [-0.2, -0.15) is 0 Å². The molecule has 1 aromatic rings. The summed E-state index contributed by atoms with van der Waals surface area (Å²) in [5.41, 5.74) is 1.21. The number of hydrogen-bond acceptors (Lipinski definition) is 3. The van der Waals surface area contributed by atoms with Crippen LogP contribution in [0.25, 0.3) is 0 Å². The van der Waals surface area contributed by atoms with Gasteiger partial charge in [0, 0.05) is 19.3 Å². The maximum atomic E-state index is 5.28. The van der Waals surface area contributed by atoms with Crippen LogP contribution in [0.4, 0.5) is 5.82 Å². The van der Waals surface area contributed by atoms with Crippen LogP contribution in [0.15, 0.2) is 18.3 Å². The lowest BCUT2D eigenvalue weighted by Gasteiger charge is -2.27. The molecule has 84 valence electrons. The van der Waals surface area contributed by atoms with E-state index in [2.05, 4.69) is 28.9 Å². The van der Waals surface area contributed by atoms with Crippen molar-refractivity contribution in [3.63, 3.8) is 0 Å². The van der Waals surface area contributed by atoms with E-state index in [0.29, 0.717) is 0 Å². The zero-order valence-corrected chi connectivity index (χ0v) is 9.86. The summed E-state index contributed by atoms with van der Waals surface area (Å²) in [6, 6.07) is 4.17. The predicted molar refractivity (Wildman–Crippen MR) is 63.4 cm³/mol. The first-order valence-corrected chi connectivity index (χ1v) is 5.61. The highest BCUT2D eigenvalue weighted by atomic mass is 16.5. The molecular weight excluding hydrogens is 188 g/mol. The zero-order chi connectivity index (χ0) is 11.1. The Balaban J connectivity index is 0.000000531. The molecule has 0 atom stereocenters. The van der Waals surface area contributed by atoms with Crippen LogP contribution < -0.4 is 4.90 Å². The van der Waals surface area contributed by atoms with E-state index in [1.54, 1.807) is 0 Å². The minimum absolute atomic E-state index is 0.815. The maximum Gasteiger partial charge on any atom is 0.128 e. The van der Waals surface area contributed by atoms with Crippen molar-refractivity contribution in [1.29, 1.82) is 0 Å². The third-order valence-corrected chi connectivity index (χ3v) is 2.23. The molecule has 2 rings (SSSR count). The van der Waals surface area contributed by atoms with Gasteiger partial charge in [-0.05, 0) is 18.6 Å². The summed E-state index contributed by atoms with van der Waals surface area (Å²) in [7, 11) is 0. The summed E-state index contributed by atoms with van der Waals surface area (Å²) < 4.78 is 5.28. The van der Waals surface area contributed by atoms with Crippen LogP contribution in [0.1, 0.15) is 19.4 Å². The molecule has 1 saturated heterocycles. The summed E-state index contributed by atoms with van der Waals surface area (Å²) in [5, 5.41) is 0. The van der Waals surface area contributed by atoms with Gasteiger partial charge in [-0.25, -0.2) is 4.98 Å². The van der Waals surface area contributed by atoms with E-state index >= 15 is 0 Å². The molecule has 0 aromatic carbocycles. The molecular formula is C12H20N2O. The van der Waals surface area contributed by atoms with Crippen LogP contribution in [0.3, 0.4) is 0 Å². The monoisotopic (exact) mass is 208 g/mol. The Morgan fingerprint density at radius 3 is 2.40 bits per heavy atom. The van der Waals surface area contributed by atoms with Crippen molar-refractivity contribution in [3.05, 3.63) is 23.9 Å². The lowest BCUT2D eigenvalue weighted by molar-refractivity contribution is 0.122. The number of aromatic nitrogens is 1. The van der Waals surface area contributed by atoms with Crippen molar-refractivity contribution in [1.82, 2.24) is 4.98 Å². The van der Waals surface area contributed by atoms with E-state index in [4.69, 9.17) is 4.74 Å². The van der Waals surface area contributed by atoms with Crippen LogP contribution in [0.5, 0.6) is 0 Å². The minimum atomic E-state index is 0.815. The first-order valence-electron chi connectivity index (χ1n) is 5.61. The molecule has 15 heavy (non-hydrogen) atoms.